The maximum atomic E-state index is 11.7. The smallest absolute Gasteiger partial charge is 0.268 e. The van der Waals surface area contributed by atoms with Gasteiger partial charge in [-0.3, -0.25) is 4.79 Å². The Morgan fingerprint density at radius 1 is 1.14 bits per heavy atom. The highest BCUT2D eigenvalue weighted by molar-refractivity contribution is 6.35. The normalized spacial score (nSPS) is 10.6. The van der Waals surface area contributed by atoms with E-state index in [0.717, 1.165) is 11.3 Å². The first kappa shape index (κ1) is 14.3. The van der Waals surface area contributed by atoms with Crippen molar-refractivity contribution >= 4 is 28.4 Å². The van der Waals surface area contributed by atoms with E-state index in [0.29, 0.717) is 21.7 Å². The molecular weight excluding hydrogens is 302 g/mol. The molecule has 1 amide bonds. The summed E-state index contributed by atoms with van der Waals surface area (Å²) >= 11 is 6.18. The number of amides is 1. The van der Waals surface area contributed by atoms with Crippen LogP contribution in [0.4, 0.5) is 0 Å². The van der Waals surface area contributed by atoms with Gasteiger partial charge in [-0.2, -0.15) is 0 Å². The van der Waals surface area contributed by atoms with Crippen molar-refractivity contribution in [3.8, 4) is 17.1 Å². The summed E-state index contributed by atoms with van der Waals surface area (Å²) in [4.78, 5) is 20.4. The molecule has 5 nitrogen and oxygen atoms in total. The lowest BCUT2D eigenvalue weighted by atomic mass is 10.1. The van der Waals surface area contributed by atoms with Gasteiger partial charge in [-0.25, -0.2) is 9.97 Å². The molecule has 0 fully saturated rings. The van der Waals surface area contributed by atoms with Crippen LogP contribution in [0.3, 0.4) is 0 Å². The molecule has 0 radical (unpaired) electrons. The molecule has 0 saturated heterocycles. The number of fused-ring (bicyclic) bond motifs is 1. The quantitative estimate of drug-likeness (QED) is 0.806. The van der Waals surface area contributed by atoms with Crippen LogP contribution >= 0.6 is 11.6 Å². The number of carbonyl (C=O) groups excluding carboxylic acids is 1. The first-order valence-electron chi connectivity index (χ1n) is 6.50. The van der Waals surface area contributed by atoms with E-state index in [1.54, 1.807) is 37.4 Å². The van der Waals surface area contributed by atoms with E-state index in [9.17, 15) is 4.79 Å². The molecule has 6 heteroatoms. The van der Waals surface area contributed by atoms with Gasteiger partial charge in [0.15, 0.2) is 5.82 Å². The number of primary amides is 1. The third-order valence-corrected chi connectivity index (χ3v) is 3.56. The molecule has 3 rings (SSSR count). The lowest BCUT2D eigenvalue weighted by molar-refractivity contribution is 0.0997. The molecule has 0 aliphatic carbocycles. The largest absolute Gasteiger partial charge is 0.497 e. The van der Waals surface area contributed by atoms with Crippen molar-refractivity contribution in [1.29, 1.82) is 0 Å². The molecule has 0 saturated carbocycles. The van der Waals surface area contributed by atoms with Gasteiger partial charge < -0.3 is 10.5 Å². The number of aromatic nitrogens is 2. The molecule has 22 heavy (non-hydrogen) atoms. The number of rotatable bonds is 3. The minimum Gasteiger partial charge on any atom is -0.497 e. The maximum absolute atomic E-state index is 11.7. The Morgan fingerprint density at radius 2 is 1.86 bits per heavy atom. The zero-order valence-corrected chi connectivity index (χ0v) is 12.5. The first-order chi connectivity index (χ1) is 10.6. The predicted molar refractivity (Wildman–Crippen MR) is 85.1 cm³/mol. The molecule has 0 atom stereocenters. The molecule has 0 spiro atoms. The van der Waals surface area contributed by atoms with Crippen molar-refractivity contribution in [3.05, 3.63) is 53.2 Å². The predicted octanol–water partition coefficient (Wildman–Crippen LogP) is 3.06. The highest BCUT2D eigenvalue weighted by atomic mass is 35.5. The summed E-state index contributed by atoms with van der Waals surface area (Å²) < 4.78 is 5.12. The van der Waals surface area contributed by atoms with Gasteiger partial charge >= 0.3 is 0 Å². The summed E-state index contributed by atoms with van der Waals surface area (Å²) in [7, 11) is 1.59. The average Bonchev–Trinajstić information content (AvgIpc) is 2.54. The number of hydrogen-bond donors (Lipinski definition) is 1. The molecule has 0 aliphatic heterocycles. The third kappa shape index (κ3) is 2.46. The van der Waals surface area contributed by atoms with Gasteiger partial charge in [0.1, 0.15) is 11.4 Å². The number of benzene rings is 2. The summed E-state index contributed by atoms with van der Waals surface area (Å²) in [6.45, 7) is 0. The van der Waals surface area contributed by atoms with Crippen LogP contribution in [0, 0.1) is 0 Å². The van der Waals surface area contributed by atoms with Crippen molar-refractivity contribution < 1.29 is 9.53 Å². The van der Waals surface area contributed by atoms with Crippen LogP contribution in [-0.4, -0.2) is 23.0 Å². The molecule has 0 bridgehead atoms. The zero-order valence-electron chi connectivity index (χ0n) is 11.7. The van der Waals surface area contributed by atoms with Crippen LogP contribution in [0.15, 0.2) is 42.5 Å². The molecule has 1 aromatic heterocycles. The van der Waals surface area contributed by atoms with Crippen molar-refractivity contribution in [1.82, 2.24) is 9.97 Å². The van der Waals surface area contributed by atoms with E-state index < -0.39 is 5.91 Å². The Balaban J connectivity index is 2.25. The molecule has 1 heterocycles. The fourth-order valence-corrected chi connectivity index (χ4v) is 2.39. The average molecular weight is 314 g/mol. The van der Waals surface area contributed by atoms with Crippen LogP contribution in [0.1, 0.15) is 10.5 Å². The lowest BCUT2D eigenvalue weighted by Gasteiger charge is -2.08. The lowest BCUT2D eigenvalue weighted by Crippen LogP contribution is -2.15. The van der Waals surface area contributed by atoms with Gasteiger partial charge in [0.25, 0.3) is 5.91 Å². The van der Waals surface area contributed by atoms with E-state index in [4.69, 9.17) is 22.1 Å². The van der Waals surface area contributed by atoms with Crippen molar-refractivity contribution in [2.24, 2.45) is 5.73 Å². The van der Waals surface area contributed by atoms with Crippen LogP contribution < -0.4 is 10.5 Å². The van der Waals surface area contributed by atoms with E-state index in [2.05, 4.69) is 9.97 Å². The van der Waals surface area contributed by atoms with E-state index in [-0.39, 0.29) is 5.69 Å². The Kier molecular flexibility index (Phi) is 3.65. The molecule has 0 unspecified atom stereocenters. The summed E-state index contributed by atoms with van der Waals surface area (Å²) in [5.41, 5.74) is 6.82. The summed E-state index contributed by atoms with van der Waals surface area (Å²) in [5, 5.41) is 0.981. The van der Waals surface area contributed by atoms with E-state index >= 15 is 0 Å². The van der Waals surface area contributed by atoms with Gasteiger partial charge in [0.2, 0.25) is 0 Å². The van der Waals surface area contributed by atoms with Gasteiger partial charge in [-0.15, -0.1) is 0 Å². The molecule has 2 N–H and O–H groups in total. The number of nitrogens with two attached hydrogens (primary N) is 1. The second-order valence-corrected chi connectivity index (χ2v) is 5.03. The first-order valence-corrected chi connectivity index (χ1v) is 6.88. The Labute approximate surface area is 131 Å². The number of ether oxygens (including phenoxy) is 1. The Morgan fingerprint density at radius 3 is 2.50 bits per heavy atom. The van der Waals surface area contributed by atoms with E-state index in [1.165, 1.54) is 0 Å². The maximum Gasteiger partial charge on any atom is 0.268 e. The second kappa shape index (κ2) is 5.61. The molecule has 0 aliphatic rings. The fraction of sp³-hybridized carbons (Fsp3) is 0.0625. The molecule has 3 aromatic rings. The van der Waals surface area contributed by atoms with Crippen molar-refractivity contribution in [3.63, 3.8) is 0 Å². The number of methoxy groups -OCH3 is 1. The summed E-state index contributed by atoms with van der Waals surface area (Å²) in [6.07, 6.45) is 0. The Bertz CT molecular complexity index is 863. The summed E-state index contributed by atoms with van der Waals surface area (Å²) in [6, 6.07) is 12.4. The monoisotopic (exact) mass is 313 g/mol. The van der Waals surface area contributed by atoms with Gasteiger partial charge in [0, 0.05) is 10.9 Å². The topological polar surface area (TPSA) is 78.1 Å². The van der Waals surface area contributed by atoms with Gasteiger partial charge in [0.05, 0.1) is 17.6 Å². The fourth-order valence-electron chi connectivity index (χ4n) is 2.17. The zero-order chi connectivity index (χ0) is 15.7. The van der Waals surface area contributed by atoms with Crippen LogP contribution in [-0.2, 0) is 0 Å². The number of halogens is 1. The SMILES string of the molecule is COc1ccc(-c2nc(C(N)=O)c3cccc(Cl)c3n2)cc1. The number of para-hydroxylation sites is 1. The van der Waals surface area contributed by atoms with Crippen LogP contribution in [0.25, 0.3) is 22.3 Å². The van der Waals surface area contributed by atoms with Crippen molar-refractivity contribution in [2.45, 2.75) is 0 Å². The molecule has 2 aromatic carbocycles. The molecular formula is C16H12ClN3O2. The van der Waals surface area contributed by atoms with Gasteiger partial charge in [-0.05, 0) is 30.3 Å². The second-order valence-electron chi connectivity index (χ2n) is 4.62. The highest BCUT2D eigenvalue weighted by Crippen LogP contribution is 2.27. The highest BCUT2D eigenvalue weighted by Gasteiger charge is 2.15. The van der Waals surface area contributed by atoms with Crippen LogP contribution in [0.5, 0.6) is 5.75 Å². The minimum atomic E-state index is -0.621. The summed E-state index contributed by atoms with van der Waals surface area (Å²) in [5.74, 6) is 0.485. The number of carbonyl (C=O) groups is 1. The van der Waals surface area contributed by atoms with Crippen LogP contribution in [0.2, 0.25) is 5.02 Å². The molecule has 110 valence electrons. The van der Waals surface area contributed by atoms with E-state index in [1.807, 2.05) is 12.1 Å². The number of hydrogen-bond acceptors (Lipinski definition) is 4. The number of nitrogens with zero attached hydrogens (tertiary/aromatic N) is 2. The minimum absolute atomic E-state index is 0.151. The third-order valence-electron chi connectivity index (χ3n) is 3.26. The Hall–Kier alpha value is -2.66. The van der Waals surface area contributed by atoms with Gasteiger partial charge in [-0.1, -0.05) is 23.7 Å². The standard InChI is InChI=1S/C16H12ClN3O2/c1-22-10-7-5-9(6-8-10)16-19-13-11(3-2-4-12(13)17)14(20-16)15(18)21/h2-8H,1H3,(H2,18,21). The van der Waals surface area contributed by atoms with Crippen molar-refractivity contribution in [2.75, 3.05) is 7.11 Å².